The van der Waals surface area contributed by atoms with Gasteiger partial charge in [-0.3, -0.25) is 4.79 Å². The molecule has 2 aromatic rings. The molecule has 134 valence electrons. The molecule has 2 aromatic carbocycles. The molecule has 1 amide bonds. The lowest BCUT2D eigenvalue weighted by atomic mass is 9.88. The van der Waals surface area contributed by atoms with E-state index in [-0.39, 0.29) is 5.91 Å². The van der Waals surface area contributed by atoms with Crippen LogP contribution in [0.5, 0.6) is 5.75 Å². The van der Waals surface area contributed by atoms with Crippen molar-refractivity contribution in [3.05, 3.63) is 72.2 Å². The van der Waals surface area contributed by atoms with E-state index in [9.17, 15) is 9.18 Å². The van der Waals surface area contributed by atoms with Crippen molar-refractivity contribution in [2.24, 2.45) is 5.92 Å². The largest absolute Gasteiger partial charge is 0.495 e. The predicted octanol–water partition coefficient (Wildman–Crippen LogP) is 3.12. The number of nitrogens with one attached hydrogen (secondary N) is 3. The molecule has 1 saturated heterocycles. The minimum absolute atomic E-state index is 0.296. The van der Waals surface area contributed by atoms with Gasteiger partial charge >= 0.3 is 0 Å². The van der Waals surface area contributed by atoms with Crippen LogP contribution in [0.2, 0.25) is 0 Å². The van der Waals surface area contributed by atoms with Gasteiger partial charge in [-0.15, -0.1) is 0 Å². The fraction of sp³-hybridized carbons (Fsp3) is 0.158. The van der Waals surface area contributed by atoms with Gasteiger partial charge in [0.2, 0.25) is 5.91 Å². The molecule has 1 fully saturated rings. The van der Waals surface area contributed by atoms with Crippen molar-refractivity contribution >= 4 is 28.9 Å². The fourth-order valence-electron chi connectivity index (χ4n) is 2.94. The molecule has 0 bridgehead atoms. The Morgan fingerprint density at radius 2 is 1.92 bits per heavy atom. The zero-order valence-electron chi connectivity index (χ0n) is 14.1. The van der Waals surface area contributed by atoms with Crippen LogP contribution in [0, 0.1) is 11.7 Å². The van der Waals surface area contributed by atoms with Crippen LogP contribution in [0.3, 0.4) is 0 Å². The molecule has 2 atom stereocenters. The molecule has 1 aliphatic heterocycles. The monoisotopic (exact) mass is 371 g/mol. The molecular formula is C19H18FN3O2S. The lowest BCUT2D eigenvalue weighted by Gasteiger charge is -2.35. The number of hydrogen-bond donors (Lipinski definition) is 3. The number of hydrogen-bond acceptors (Lipinski definition) is 3. The zero-order chi connectivity index (χ0) is 18.7. The Labute approximate surface area is 156 Å². The second kappa shape index (κ2) is 7.53. The highest BCUT2D eigenvalue weighted by Crippen LogP contribution is 2.33. The van der Waals surface area contributed by atoms with E-state index in [0.29, 0.717) is 27.8 Å². The first kappa shape index (κ1) is 17.9. The van der Waals surface area contributed by atoms with Gasteiger partial charge in [0.05, 0.1) is 18.8 Å². The average molecular weight is 371 g/mol. The number of ether oxygens (including phenoxy) is 1. The predicted molar refractivity (Wildman–Crippen MR) is 102 cm³/mol. The number of benzene rings is 2. The number of thiocarbonyl (C=S) groups is 1. The maximum Gasteiger partial charge on any atom is 0.235 e. The molecule has 3 rings (SSSR count). The Hall–Kier alpha value is -2.93. The smallest absolute Gasteiger partial charge is 0.235 e. The van der Waals surface area contributed by atoms with Gasteiger partial charge in [0, 0.05) is 11.3 Å². The van der Waals surface area contributed by atoms with Crippen molar-refractivity contribution in [3.63, 3.8) is 0 Å². The number of halogens is 1. The van der Waals surface area contributed by atoms with E-state index in [1.807, 2.05) is 0 Å². The molecule has 7 heteroatoms. The van der Waals surface area contributed by atoms with Gasteiger partial charge in [-0.1, -0.05) is 36.9 Å². The third-order valence-corrected chi connectivity index (χ3v) is 4.38. The number of carbonyl (C=O) groups is 1. The lowest BCUT2D eigenvalue weighted by Crippen LogP contribution is -2.51. The molecule has 1 aliphatic rings. The quantitative estimate of drug-likeness (QED) is 0.721. The third kappa shape index (κ3) is 3.52. The number of anilines is 1. The van der Waals surface area contributed by atoms with E-state index in [1.165, 1.54) is 13.2 Å². The summed E-state index contributed by atoms with van der Waals surface area (Å²) in [7, 11) is 1.52. The number of carbonyl (C=O) groups excluding carboxylic acids is 1. The summed E-state index contributed by atoms with van der Waals surface area (Å²) in [5.74, 6) is -1.02. The van der Waals surface area contributed by atoms with Crippen molar-refractivity contribution in [3.8, 4) is 5.75 Å². The highest BCUT2D eigenvalue weighted by Gasteiger charge is 2.38. The summed E-state index contributed by atoms with van der Waals surface area (Å²) in [4.78, 5) is 13.0. The number of amides is 1. The van der Waals surface area contributed by atoms with Crippen molar-refractivity contribution in [1.29, 1.82) is 0 Å². The van der Waals surface area contributed by atoms with E-state index in [2.05, 4.69) is 22.5 Å². The first-order valence-electron chi connectivity index (χ1n) is 7.96. The van der Waals surface area contributed by atoms with Gasteiger partial charge in [0.1, 0.15) is 17.5 Å². The summed E-state index contributed by atoms with van der Waals surface area (Å²) in [5.41, 5.74) is 1.26. The molecule has 0 saturated carbocycles. The van der Waals surface area contributed by atoms with Gasteiger partial charge in [0.25, 0.3) is 0 Å². The molecule has 3 N–H and O–H groups in total. The Kier molecular flexibility index (Phi) is 5.18. The van der Waals surface area contributed by atoms with Crippen LogP contribution in [-0.2, 0) is 4.79 Å². The topological polar surface area (TPSA) is 62.4 Å². The highest BCUT2D eigenvalue weighted by molar-refractivity contribution is 7.80. The minimum Gasteiger partial charge on any atom is -0.495 e. The van der Waals surface area contributed by atoms with Crippen molar-refractivity contribution in [2.45, 2.75) is 6.04 Å². The van der Waals surface area contributed by atoms with Crippen LogP contribution in [0.25, 0.3) is 0 Å². The first-order valence-corrected chi connectivity index (χ1v) is 8.36. The molecular weight excluding hydrogens is 353 g/mol. The SMILES string of the molecule is C=C1NC(=S)N[C@@H](c2ccccc2F)[C@@H]1C(=O)Nc1ccccc1OC. The first-order chi connectivity index (χ1) is 12.5. The summed E-state index contributed by atoms with van der Waals surface area (Å²) < 4.78 is 19.6. The van der Waals surface area contributed by atoms with Crippen LogP contribution in [0.1, 0.15) is 11.6 Å². The van der Waals surface area contributed by atoms with Crippen LogP contribution < -0.4 is 20.7 Å². The molecule has 0 spiro atoms. The summed E-state index contributed by atoms with van der Waals surface area (Å²) >= 11 is 5.15. The average Bonchev–Trinajstić information content (AvgIpc) is 2.61. The minimum atomic E-state index is -0.775. The van der Waals surface area contributed by atoms with Gasteiger partial charge in [-0.05, 0) is 30.4 Å². The van der Waals surface area contributed by atoms with Crippen LogP contribution in [-0.4, -0.2) is 18.1 Å². The second-order valence-electron chi connectivity index (χ2n) is 5.79. The third-order valence-electron chi connectivity index (χ3n) is 4.16. The van der Waals surface area contributed by atoms with E-state index in [4.69, 9.17) is 17.0 Å². The maximum atomic E-state index is 14.3. The summed E-state index contributed by atoms with van der Waals surface area (Å²) in [6.07, 6.45) is 0. The fourth-order valence-corrected chi connectivity index (χ4v) is 3.20. The summed E-state index contributed by atoms with van der Waals surface area (Å²) in [5, 5.41) is 8.95. The normalized spacial score (nSPS) is 19.3. The number of methoxy groups -OCH3 is 1. The Bertz CT molecular complexity index is 871. The lowest BCUT2D eigenvalue weighted by molar-refractivity contribution is -0.119. The van der Waals surface area contributed by atoms with E-state index >= 15 is 0 Å². The Morgan fingerprint density at radius 1 is 1.23 bits per heavy atom. The van der Waals surface area contributed by atoms with Gasteiger partial charge in [0.15, 0.2) is 5.11 Å². The molecule has 0 aliphatic carbocycles. The van der Waals surface area contributed by atoms with Gasteiger partial charge in [-0.2, -0.15) is 0 Å². The molecule has 1 heterocycles. The van der Waals surface area contributed by atoms with Crippen LogP contribution in [0.4, 0.5) is 10.1 Å². The summed E-state index contributed by atoms with van der Waals surface area (Å²) in [6, 6.07) is 12.7. The number of rotatable bonds is 4. The maximum absolute atomic E-state index is 14.3. The van der Waals surface area contributed by atoms with E-state index < -0.39 is 17.8 Å². The van der Waals surface area contributed by atoms with Crippen molar-refractivity contribution < 1.29 is 13.9 Å². The van der Waals surface area contributed by atoms with Crippen molar-refractivity contribution in [1.82, 2.24) is 10.6 Å². The van der Waals surface area contributed by atoms with Gasteiger partial charge < -0.3 is 20.7 Å². The summed E-state index contributed by atoms with van der Waals surface area (Å²) in [6.45, 7) is 3.90. The zero-order valence-corrected chi connectivity index (χ0v) is 14.9. The highest BCUT2D eigenvalue weighted by atomic mass is 32.1. The van der Waals surface area contributed by atoms with E-state index in [0.717, 1.165) is 0 Å². The van der Waals surface area contributed by atoms with Crippen molar-refractivity contribution in [2.75, 3.05) is 12.4 Å². The molecule has 5 nitrogen and oxygen atoms in total. The standard InChI is InChI=1S/C19H18FN3O2S/c1-11-16(18(24)22-14-9-5-6-10-15(14)25-2)17(23-19(26)21-11)12-7-3-4-8-13(12)20/h3-10,16-17H,1H2,2H3,(H,22,24)(H2,21,23,26)/t16-,17+/m1/s1. The van der Waals surface area contributed by atoms with Crippen LogP contribution >= 0.6 is 12.2 Å². The molecule has 0 unspecified atom stereocenters. The van der Waals surface area contributed by atoms with Crippen LogP contribution in [0.15, 0.2) is 60.8 Å². The molecule has 0 aromatic heterocycles. The Balaban J connectivity index is 1.94. The number of para-hydroxylation sites is 2. The van der Waals surface area contributed by atoms with Gasteiger partial charge in [-0.25, -0.2) is 4.39 Å². The second-order valence-corrected chi connectivity index (χ2v) is 6.20. The Morgan fingerprint density at radius 3 is 2.65 bits per heavy atom. The molecule has 0 radical (unpaired) electrons. The molecule has 26 heavy (non-hydrogen) atoms. The van der Waals surface area contributed by atoms with E-state index in [1.54, 1.807) is 42.5 Å².